The van der Waals surface area contributed by atoms with E-state index in [2.05, 4.69) is 33.9 Å². The van der Waals surface area contributed by atoms with Crippen molar-refractivity contribution in [2.45, 2.75) is 44.9 Å². The van der Waals surface area contributed by atoms with Crippen LogP contribution in [-0.2, 0) is 18.8 Å². The predicted octanol–water partition coefficient (Wildman–Crippen LogP) is 6.28. The topological polar surface area (TPSA) is 48.0 Å². The van der Waals surface area contributed by atoms with E-state index in [0.717, 1.165) is 11.3 Å². The Morgan fingerprint density at radius 1 is 1.13 bits per heavy atom. The smallest absolute Gasteiger partial charge is 0.339 e. The van der Waals surface area contributed by atoms with Gasteiger partial charge in [-0.1, -0.05) is 62.7 Å². The van der Waals surface area contributed by atoms with Crippen molar-refractivity contribution in [1.82, 2.24) is 0 Å². The van der Waals surface area contributed by atoms with Gasteiger partial charge in [-0.15, -0.1) is 0 Å². The van der Waals surface area contributed by atoms with Crippen LogP contribution in [0, 0.1) is 0 Å². The highest BCUT2D eigenvalue weighted by Gasteiger charge is 2.44. The van der Waals surface area contributed by atoms with Crippen molar-refractivity contribution in [2.24, 2.45) is 0 Å². The lowest BCUT2D eigenvalue weighted by Crippen LogP contribution is -2.45. The molecule has 2 aromatic rings. The molecule has 0 N–H and O–H groups in total. The molecule has 31 heavy (non-hydrogen) atoms. The van der Waals surface area contributed by atoms with Crippen molar-refractivity contribution < 1.29 is 18.8 Å². The van der Waals surface area contributed by atoms with Gasteiger partial charge in [-0.05, 0) is 48.0 Å². The van der Waals surface area contributed by atoms with Crippen molar-refractivity contribution >= 4 is 31.6 Å². The Morgan fingerprint density at radius 3 is 2.39 bits per heavy atom. The van der Waals surface area contributed by atoms with Crippen LogP contribution in [0.5, 0.6) is 0 Å². The molecule has 0 saturated heterocycles. The van der Waals surface area contributed by atoms with Crippen LogP contribution in [0.3, 0.4) is 0 Å². The number of hydrogen-bond acceptors (Lipinski definition) is 5. The van der Waals surface area contributed by atoms with Gasteiger partial charge in [-0.25, -0.2) is 9.86 Å². The second-order valence-corrected chi connectivity index (χ2v) is 14.2. The number of rotatable bonds is 5. The van der Waals surface area contributed by atoms with E-state index in [4.69, 9.17) is 25.6 Å². The molecule has 0 fully saturated rings. The van der Waals surface area contributed by atoms with E-state index in [1.54, 1.807) is 11.1 Å². The first-order valence-electron chi connectivity index (χ1n) is 10.3. The maximum atomic E-state index is 13.1. The average Bonchev–Trinajstić information content (AvgIpc) is 2.72. The number of esters is 1. The lowest BCUT2D eigenvalue weighted by Gasteiger charge is -2.42. The zero-order valence-electron chi connectivity index (χ0n) is 18.9. The SMILES string of the molecule is COC(=O)C1=C(O[Si](C)(C)C(C)(C)C)CON(c2ccccc2)C1c1cccc(Cl)c1. The first kappa shape index (κ1) is 23.4. The second-order valence-electron chi connectivity index (χ2n) is 9.08. The molecule has 3 rings (SSSR count). The summed E-state index contributed by atoms with van der Waals surface area (Å²) in [6.07, 6.45) is 0. The zero-order chi connectivity index (χ0) is 22.8. The fraction of sp³-hybridized carbons (Fsp3) is 0.375. The van der Waals surface area contributed by atoms with E-state index >= 15 is 0 Å². The molecule has 0 amide bonds. The van der Waals surface area contributed by atoms with Crippen LogP contribution in [0.15, 0.2) is 65.9 Å². The van der Waals surface area contributed by atoms with E-state index in [-0.39, 0.29) is 11.6 Å². The van der Waals surface area contributed by atoms with Crippen LogP contribution in [0.2, 0.25) is 23.2 Å². The minimum absolute atomic E-state index is 0.0383. The number of halogens is 1. The summed E-state index contributed by atoms with van der Waals surface area (Å²) < 4.78 is 11.8. The summed E-state index contributed by atoms with van der Waals surface area (Å²) in [6, 6.07) is 16.5. The third kappa shape index (κ3) is 4.97. The zero-order valence-corrected chi connectivity index (χ0v) is 20.7. The Morgan fingerprint density at radius 2 is 1.81 bits per heavy atom. The van der Waals surface area contributed by atoms with Crippen molar-refractivity contribution in [2.75, 3.05) is 18.8 Å². The summed E-state index contributed by atoms with van der Waals surface area (Å²) in [5.41, 5.74) is 2.07. The summed E-state index contributed by atoms with van der Waals surface area (Å²) >= 11 is 6.31. The molecule has 7 heteroatoms. The standard InChI is InChI=1S/C24H30ClNO4Si/c1-24(2,3)31(5,6)30-20-16-29-26(19-13-8-7-9-14-19)22(21(20)23(27)28-4)17-11-10-12-18(25)15-17/h7-15,22H,16H2,1-6H3. The van der Waals surface area contributed by atoms with Gasteiger partial charge in [0.05, 0.1) is 12.8 Å². The van der Waals surface area contributed by atoms with Crippen molar-refractivity contribution in [3.05, 3.63) is 76.5 Å². The van der Waals surface area contributed by atoms with Gasteiger partial charge in [0.1, 0.15) is 24.0 Å². The van der Waals surface area contributed by atoms with Gasteiger partial charge in [-0.3, -0.25) is 4.84 Å². The summed E-state index contributed by atoms with van der Waals surface area (Å²) in [5, 5.41) is 2.27. The first-order chi connectivity index (χ1) is 14.5. The van der Waals surface area contributed by atoms with Crippen LogP contribution in [-0.4, -0.2) is 28.0 Å². The lowest BCUT2D eigenvalue weighted by atomic mass is 9.95. The minimum Gasteiger partial charge on any atom is -0.544 e. The molecule has 2 aromatic carbocycles. The van der Waals surface area contributed by atoms with Crippen molar-refractivity contribution in [1.29, 1.82) is 0 Å². The van der Waals surface area contributed by atoms with Crippen LogP contribution < -0.4 is 5.06 Å². The Bertz CT molecular complexity index is 969. The maximum Gasteiger partial charge on any atom is 0.339 e. The predicted molar refractivity (Wildman–Crippen MR) is 126 cm³/mol. The van der Waals surface area contributed by atoms with E-state index < -0.39 is 20.3 Å². The monoisotopic (exact) mass is 459 g/mol. The normalized spacial score (nSPS) is 17.5. The van der Waals surface area contributed by atoms with Gasteiger partial charge >= 0.3 is 5.97 Å². The van der Waals surface area contributed by atoms with Crippen molar-refractivity contribution in [3.63, 3.8) is 0 Å². The molecule has 0 aliphatic carbocycles. The molecule has 0 saturated carbocycles. The Labute approximate surface area is 190 Å². The Kier molecular flexibility index (Phi) is 6.84. The Hall–Kier alpha value is -2.28. The highest BCUT2D eigenvalue weighted by molar-refractivity contribution is 6.74. The molecule has 0 aromatic heterocycles. The van der Waals surface area contributed by atoms with Gasteiger partial charge in [0, 0.05) is 5.02 Å². The number of hydrogen-bond donors (Lipinski definition) is 0. The molecular weight excluding hydrogens is 430 g/mol. The van der Waals surface area contributed by atoms with Crippen LogP contribution >= 0.6 is 11.6 Å². The third-order valence-electron chi connectivity index (χ3n) is 5.91. The quantitative estimate of drug-likeness (QED) is 0.389. The fourth-order valence-electron chi connectivity index (χ4n) is 3.21. The molecule has 0 bridgehead atoms. The number of carbonyl (C=O) groups is 1. The Balaban J connectivity index is 2.20. The molecule has 1 heterocycles. The van der Waals surface area contributed by atoms with Gasteiger partial charge in [-0.2, -0.15) is 0 Å². The summed E-state index contributed by atoms with van der Waals surface area (Å²) in [5.74, 6) is 0.0820. The van der Waals surface area contributed by atoms with E-state index in [1.807, 2.05) is 48.5 Å². The number of para-hydroxylation sites is 1. The van der Waals surface area contributed by atoms with Gasteiger partial charge in [0.15, 0.2) is 0 Å². The van der Waals surface area contributed by atoms with Gasteiger partial charge in [0.25, 0.3) is 0 Å². The number of ether oxygens (including phenoxy) is 1. The summed E-state index contributed by atoms with van der Waals surface area (Å²) in [6.45, 7) is 10.9. The number of methoxy groups -OCH3 is 1. The van der Waals surface area contributed by atoms with E-state index in [0.29, 0.717) is 16.4 Å². The molecule has 166 valence electrons. The number of anilines is 1. The number of hydroxylamine groups is 1. The van der Waals surface area contributed by atoms with Crippen LogP contribution in [0.1, 0.15) is 32.4 Å². The van der Waals surface area contributed by atoms with E-state index in [1.165, 1.54) is 7.11 Å². The van der Waals surface area contributed by atoms with Gasteiger partial charge in [0.2, 0.25) is 8.32 Å². The summed E-state index contributed by atoms with van der Waals surface area (Å²) in [7, 11) is -0.840. The number of benzene rings is 2. The summed E-state index contributed by atoms with van der Waals surface area (Å²) in [4.78, 5) is 19.3. The van der Waals surface area contributed by atoms with Crippen molar-refractivity contribution in [3.8, 4) is 0 Å². The molecule has 1 aliphatic rings. The third-order valence-corrected chi connectivity index (χ3v) is 10.5. The molecule has 0 spiro atoms. The largest absolute Gasteiger partial charge is 0.544 e. The molecule has 1 atom stereocenters. The molecular formula is C24H30ClNO4Si. The minimum atomic E-state index is -2.23. The first-order valence-corrected chi connectivity index (χ1v) is 13.6. The molecule has 5 nitrogen and oxygen atoms in total. The fourth-order valence-corrected chi connectivity index (χ4v) is 4.50. The lowest BCUT2D eigenvalue weighted by molar-refractivity contribution is -0.137. The maximum absolute atomic E-state index is 13.1. The molecule has 1 unspecified atom stereocenters. The van der Waals surface area contributed by atoms with Crippen LogP contribution in [0.4, 0.5) is 5.69 Å². The second kappa shape index (κ2) is 9.07. The van der Waals surface area contributed by atoms with Crippen LogP contribution in [0.25, 0.3) is 0 Å². The number of carbonyl (C=O) groups excluding carboxylic acids is 1. The highest BCUT2D eigenvalue weighted by Crippen LogP contribution is 2.43. The van der Waals surface area contributed by atoms with E-state index in [9.17, 15) is 4.79 Å². The number of nitrogens with zero attached hydrogens (tertiary/aromatic N) is 1. The molecule has 0 radical (unpaired) electrons. The molecule has 1 aliphatic heterocycles. The highest BCUT2D eigenvalue weighted by atomic mass is 35.5. The average molecular weight is 460 g/mol. The van der Waals surface area contributed by atoms with Gasteiger partial charge < -0.3 is 9.16 Å².